The Morgan fingerprint density at radius 3 is 2.63 bits per heavy atom. The topological polar surface area (TPSA) is 20.2 Å². The summed E-state index contributed by atoms with van der Waals surface area (Å²) < 4.78 is 14.3. The van der Waals surface area contributed by atoms with E-state index in [0.717, 1.165) is 5.56 Å². The lowest BCUT2D eigenvalue weighted by Gasteiger charge is -2.12. The lowest BCUT2D eigenvalue weighted by molar-refractivity contribution is 0.174. The molecule has 0 spiro atoms. The molecule has 0 aliphatic rings. The molecule has 0 radical (unpaired) electrons. The Morgan fingerprint density at radius 1 is 1.16 bits per heavy atom. The molecule has 0 aliphatic heterocycles. The minimum Gasteiger partial charge on any atom is -0.392 e. The number of hydrogen-bond donors (Lipinski definition) is 1. The molecule has 19 heavy (non-hydrogen) atoms. The van der Waals surface area contributed by atoms with Gasteiger partial charge in [0.25, 0.3) is 0 Å². The number of hydrogen-bond acceptors (Lipinski definition) is 1. The van der Waals surface area contributed by atoms with E-state index in [1.165, 1.54) is 6.07 Å². The number of aliphatic hydroxyl groups excluding tert-OH is 1. The van der Waals surface area contributed by atoms with Gasteiger partial charge < -0.3 is 5.11 Å². The number of aliphatic hydroxyl groups is 1. The Labute approximate surface area is 125 Å². The zero-order valence-corrected chi connectivity index (χ0v) is 12.5. The van der Waals surface area contributed by atoms with E-state index in [0.29, 0.717) is 21.5 Å². The largest absolute Gasteiger partial charge is 0.392 e. The average Bonchev–Trinajstić information content (AvgIpc) is 2.33. The molecule has 100 valence electrons. The molecule has 0 bridgehead atoms. The third-order valence-corrected chi connectivity index (χ3v) is 3.56. The summed E-state index contributed by atoms with van der Waals surface area (Å²) in [7, 11) is 0. The lowest BCUT2D eigenvalue weighted by Crippen LogP contribution is -2.14. The molecule has 0 heterocycles. The average molecular weight is 344 g/mol. The monoisotopic (exact) mass is 342 g/mol. The summed E-state index contributed by atoms with van der Waals surface area (Å²) in [5.41, 5.74) is 1.45. The second-order valence-corrected chi connectivity index (χ2v) is 5.78. The van der Waals surface area contributed by atoms with Gasteiger partial charge in [-0.15, -0.1) is 0 Å². The molecule has 0 saturated carbocycles. The molecule has 2 aromatic carbocycles. The van der Waals surface area contributed by atoms with Gasteiger partial charge in [-0.1, -0.05) is 45.7 Å². The molecule has 0 aliphatic carbocycles. The zero-order valence-electron chi connectivity index (χ0n) is 10.1. The zero-order chi connectivity index (χ0) is 13.8. The fourth-order valence-corrected chi connectivity index (χ4v) is 2.50. The molecule has 1 N–H and O–H groups in total. The van der Waals surface area contributed by atoms with Gasteiger partial charge in [-0.05, 0) is 41.8 Å². The summed E-state index contributed by atoms with van der Waals surface area (Å²) in [5.74, 6) is -0.306. The van der Waals surface area contributed by atoms with Gasteiger partial charge in [-0.25, -0.2) is 4.39 Å². The highest BCUT2D eigenvalue weighted by molar-refractivity contribution is 9.10. The number of rotatable bonds is 4. The maximum Gasteiger partial charge on any atom is 0.127 e. The molecule has 1 nitrogen and oxygen atoms in total. The van der Waals surface area contributed by atoms with E-state index in [2.05, 4.69) is 15.9 Å². The third-order valence-electron chi connectivity index (χ3n) is 2.83. The fraction of sp³-hybridized carbons (Fsp3) is 0.200. The molecule has 0 aromatic heterocycles. The molecular weight excluding hydrogens is 331 g/mol. The molecule has 2 rings (SSSR count). The molecule has 0 fully saturated rings. The summed E-state index contributed by atoms with van der Waals surface area (Å²) in [6.45, 7) is 0. The van der Waals surface area contributed by atoms with E-state index in [1.54, 1.807) is 18.2 Å². The van der Waals surface area contributed by atoms with E-state index in [4.69, 9.17) is 11.6 Å². The Balaban J connectivity index is 2.03. The Bertz CT molecular complexity index is 574. The van der Waals surface area contributed by atoms with Crippen LogP contribution in [0.3, 0.4) is 0 Å². The second kappa shape index (κ2) is 6.51. The molecule has 2 aromatic rings. The van der Waals surface area contributed by atoms with Crippen molar-refractivity contribution < 1.29 is 9.50 Å². The van der Waals surface area contributed by atoms with Crippen molar-refractivity contribution in [3.63, 3.8) is 0 Å². The van der Waals surface area contributed by atoms with Crippen LogP contribution in [0.2, 0.25) is 5.02 Å². The van der Waals surface area contributed by atoms with Crippen LogP contribution in [0.15, 0.2) is 46.9 Å². The molecule has 0 saturated heterocycles. The third kappa shape index (κ3) is 4.30. The van der Waals surface area contributed by atoms with Crippen LogP contribution in [0, 0.1) is 5.82 Å². The van der Waals surface area contributed by atoms with Gasteiger partial charge in [-0.2, -0.15) is 0 Å². The van der Waals surface area contributed by atoms with Crippen LogP contribution in [0.25, 0.3) is 0 Å². The van der Waals surface area contributed by atoms with Crippen LogP contribution in [0.4, 0.5) is 4.39 Å². The SMILES string of the molecule is OC(Cc1cccc(Cl)c1)Cc1ccc(Br)cc1F. The van der Waals surface area contributed by atoms with Gasteiger partial charge >= 0.3 is 0 Å². The first-order valence-electron chi connectivity index (χ1n) is 5.91. The van der Waals surface area contributed by atoms with E-state index >= 15 is 0 Å². The Kier molecular flexibility index (Phi) is 4.97. The summed E-state index contributed by atoms with van der Waals surface area (Å²) >= 11 is 9.09. The van der Waals surface area contributed by atoms with E-state index in [1.807, 2.05) is 18.2 Å². The summed E-state index contributed by atoms with van der Waals surface area (Å²) in [6.07, 6.45) is 0.107. The Hall–Kier alpha value is -0.900. The van der Waals surface area contributed by atoms with Crippen LogP contribution in [0.5, 0.6) is 0 Å². The highest BCUT2D eigenvalue weighted by atomic mass is 79.9. The van der Waals surface area contributed by atoms with E-state index in [9.17, 15) is 9.50 Å². The quantitative estimate of drug-likeness (QED) is 0.873. The van der Waals surface area contributed by atoms with Gasteiger partial charge in [-0.3, -0.25) is 0 Å². The lowest BCUT2D eigenvalue weighted by atomic mass is 10.0. The van der Waals surface area contributed by atoms with Gasteiger partial charge in [0.1, 0.15) is 5.82 Å². The van der Waals surface area contributed by atoms with Gasteiger partial charge in [0.15, 0.2) is 0 Å². The predicted molar refractivity (Wildman–Crippen MR) is 79.0 cm³/mol. The molecule has 1 unspecified atom stereocenters. The van der Waals surface area contributed by atoms with E-state index in [-0.39, 0.29) is 12.2 Å². The van der Waals surface area contributed by atoms with Crippen molar-refractivity contribution in [1.82, 2.24) is 0 Å². The van der Waals surface area contributed by atoms with Crippen molar-refractivity contribution in [2.45, 2.75) is 18.9 Å². The highest BCUT2D eigenvalue weighted by Crippen LogP contribution is 2.18. The van der Waals surface area contributed by atoms with Crippen LogP contribution in [0.1, 0.15) is 11.1 Å². The summed E-state index contributed by atoms with van der Waals surface area (Å²) in [5, 5.41) is 10.7. The standard InChI is InChI=1S/C15H13BrClFO/c16-12-5-4-11(15(18)9-12)8-14(19)7-10-2-1-3-13(17)6-10/h1-6,9,14,19H,7-8H2. The first kappa shape index (κ1) is 14.5. The normalized spacial score (nSPS) is 12.4. The molecule has 0 amide bonds. The van der Waals surface area contributed by atoms with Crippen molar-refractivity contribution in [2.75, 3.05) is 0 Å². The van der Waals surface area contributed by atoms with Crippen molar-refractivity contribution >= 4 is 27.5 Å². The predicted octanol–water partition coefficient (Wildman–Crippen LogP) is 4.39. The summed E-state index contributed by atoms with van der Waals surface area (Å²) in [6, 6.07) is 12.2. The van der Waals surface area contributed by atoms with Crippen molar-refractivity contribution in [3.8, 4) is 0 Å². The molecule has 4 heteroatoms. The second-order valence-electron chi connectivity index (χ2n) is 4.43. The minimum absolute atomic E-state index is 0.283. The van der Waals surface area contributed by atoms with Gasteiger partial charge in [0, 0.05) is 15.9 Å². The van der Waals surface area contributed by atoms with Crippen LogP contribution in [-0.2, 0) is 12.8 Å². The van der Waals surface area contributed by atoms with Crippen LogP contribution < -0.4 is 0 Å². The number of benzene rings is 2. The smallest absolute Gasteiger partial charge is 0.127 e. The first-order valence-corrected chi connectivity index (χ1v) is 7.08. The molecule has 1 atom stereocenters. The Morgan fingerprint density at radius 2 is 1.95 bits per heavy atom. The van der Waals surface area contributed by atoms with Crippen molar-refractivity contribution in [1.29, 1.82) is 0 Å². The first-order chi connectivity index (χ1) is 9.04. The molecular formula is C15H13BrClFO. The van der Waals surface area contributed by atoms with Crippen molar-refractivity contribution in [2.24, 2.45) is 0 Å². The maximum atomic E-state index is 13.7. The minimum atomic E-state index is -0.630. The van der Waals surface area contributed by atoms with Crippen molar-refractivity contribution in [3.05, 3.63) is 68.9 Å². The van der Waals surface area contributed by atoms with Crippen LogP contribution in [-0.4, -0.2) is 11.2 Å². The van der Waals surface area contributed by atoms with E-state index < -0.39 is 6.10 Å². The van der Waals surface area contributed by atoms with Crippen LogP contribution >= 0.6 is 27.5 Å². The maximum absolute atomic E-state index is 13.7. The fourth-order valence-electron chi connectivity index (χ4n) is 1.95. The van der Waals surface area contributed by atoms with Gasteiger partial charge in [0.2, 0.25) is 0 Å². The highest BCUT2D eigenvalue weighted by Gasteiger charge is 2.11. The number of halogens is 3. The van der Waals surface area contributed by atoms with Gasteiger partial charge in [0.05, 0.1) is 6.10 Å². The summed E-state index contributed by atoms with van der Waals surface area (Å²) in [4.78, 5) is 0.